The van der Waals surface area contributed by atoms with E-state index < -0.39 is 0 Å². The summed E-state index contributed by atoms with van der Waals surface area (Å²) in [4.78, 5) is 10.6. The lowest BCUT2D eigenvalue weighted by atomic mass is 9.74. The van der Waals surface area contributed by atoms with Crippen molar-refractivity contribution in [1.82, 2.24) is 0 Å². The minimum absolute atomic E-state index is 0.0379. The largest absolute Gasteiger partial charge is 0.373 e. The zero-order valence-corrected chi connectivity index (χ0v) is 16.1. The van der Waals surface area contributed by atoms with Gasteiger partial charge in [0.05, 0.1) is 22.3 Å². The van der Waals surface area contributed by atoms with Gasteiger partial charge < -0.3 is 10.6 Å². The van der Waals surface area contributed by atoms with E-state index in [9.17, 15) is 10.1 Å². The first-order chi connectivity index (χ1) is 12.8. The molecule has 0 aromatic heterocycles. The Morgan fingerprint density at radius 3 is 2.59 bits per heavy atom. The quantitative estimate of drug-likeness (QED) is 0.472. The number of halogens is 1. The molecule has 0 spiro atoms. The molecule has 27 heavy (non-hydrogen) atoms. The minimum atomic E-state index is -0.366. The summed E-state index contributed by atoms with van der Waals surface area (Å²) in [6.07, 6.45) is 3.05. The highest BCUT2D eigenvalue weighted by Crippen LogP contribution is 2.47. The number of allylic oxidation sites excluding steroid dienone is 1. The molecule has 0 radical (unpaired) electrons. The van der Waals surface area contributed by atoms with Crippen molar-refractivity contribution < 1.29 is 4.92 Å². The summed E-state index contributed by atoms with van der Waals surface area (Å²) in [5, 5.41) is 18.9. The van der Waals surface area contributed by atoms with Crippen LogP contribution >= 0.6 is 11.6 Å². The lowest BCUT2D eigenvalue weighted by Gasteiger charge is -2.35. The zero-order valence-electron chi connectivity index (χ0n) is 15.4. The Kier molecular flexibility index (Phi) is 4.35. The Hall–Kier alpha value is -2.53. The molecule has 0 amide bonds. The van der Waals surface area contributed by atoms with Crippen LogP contribution in [0, 0.1) is 15.5 Å². The zero-order chi connectivity index (χ0) is 19.2. The molecule has 6 heteroatoms. The third kappa shape index (κ3) is 3.52. The summed E-state index contributed by atoms with van der Waals surface area (Å²) >= 11 is 6.22. The molecule has 2 aromatic carbocycles. The summed E-state index contributed by atoms with van der Waals surface area (Å²) in [6.45, 7) is 4.58. The number of nitro benzene ring substituents is 1. The van der Waals surface area contributed by atoms with Crippen LogP contribution in [-0.2, 0) is 0 Å². The SMILES string of the molecule is CC1(C)CCC2=C(C1)Nc1ccc(Cl)cc1N[C@@H]2c1ccc([N+](=O)[O-])cc1. The number of nitrogens with one attached hydrogen (secondary N) is 2. The summed E-state index contributed by atoms with van der Waals surface area (Å²) in [7, 11) is 0. The molecule has 4 rings (SSSR count). The number of benzene rings is 2. The van der Waals surface area contributed by atoms with Gasteiger partial charge in [0.25, 0.3) is 5.69 Å². The van der Waals surface area contributed by atoms with Gasteiger partial charge in [-0.1, -0.05) is 25.4 Å². The van der Waals surface area contributed by atoms with Crippen LogP contribution < -0.4 is 10.6 Å². The lowest BCUT2D eigenvalue weighted by molar-refractivity contribution is -0.384. The maximum absolute atomic E-state index is 11.0. The first-order valence-electron chi connectivity index (χ1n) is 9.12. The predicted molar refractivity (Wildman–Crippen MR) is 109 cm³/mol. The van der Waals surface area contributed by atoms with E-state index in [1.807, 2.05) is 30.3 Å². The Labute approximate surface area is 163 Å². The summed E-state index contributed by atoms with van der Waals surface area (Å²) in [5.41, 5.74) is 5.86. The molecular formula is C21H22ClN3O2. The fraction of sp³-hybridized carbons (Fsp3) is 0.333. The van der Waals surface area contributed by atoms with Gasteiger partial charge in [0, 0.05) is 22.9 Å². The average Bonchev–Trinajstić information content (AvgIpc) is 2.76. The summed E-state index contributed by atoms with van der Waals surface area (Å²) in [6, 6.07) is 12.6. The first-order valence-corrected chi connectivity index (χ1v) is 9.50. The fourth-order valence-corrected chi connectivity index (χ4v) is 4.14. The monoisotopic (exact) mass is 383 g/mol. The van der Waals surface area contributed by atoms with Crippen molar-refractivity contribution in [1.29, 1.82) is 0 Å². The Balaban J connectivity index is 1.80. The number of fused-ring (bicyclic) bond motifs is 1. The topological polar surface area (TPSA) is 67.2 Å². The van der Waals surface area contributed by atoms with Crippen molar-refractivity contribution >= 4 is 28.7 Å². The molecule has 5 nitrogen and oxygen atoms in total. The van der Waals surface area contributed by atoms with E-state index in [0.717, 1.165) is 36.2 Å². The Morgan fingerprint density at radius 2 is 1.89 bits per heavy atom. The molecule has 0 unspecified atom stereocenters. The number of hydrogen-bond acceptors (Lipinski definition) is 4. The maximum Gasteiger partial charge on any atom is 0.269 e. The maximum atomic E-state index is 11.0. The van der Waals surface area contributed by atoms with Crippen molar-refractivity contribution in [2.75, 3.05) is 10.6 Å². The second kappa shape index (κ2) is 6.57. The van der Waals surface area contributed by atoms with Crippen molar-refractivity contribution in [2.24, 2.45) is 5.41 Å². The van der Waals surface area contributed by atoms with Gasteiger partial charge in [-0.3, -0.25) is 10.1 Å². The number of anilines is 2. The van der Waals surface area contributed by atoms with Gasteiger partial charge in [0.15, 0.2) is 0 Å². The molecule has 1 aliphatic heterocycles. The predicted octanol–water partition coefficient (Wildman–Crippen LogP) is 6.29. The van der Waals surface area contributed by atoms with Crippen LogP contribution in [0.15, 0.2) is 53.7 Å². The molecule has 2 N–H and O–H groups in total. The second-order valence-electron chi connectivity index (χ2n) is 8.09. The van der Waals surface area contributed by atoms with Crippen molar-refractivity contribution in [3.63, 3.8) is 0 Å². The highest BCUT2D eigenvalue weighted by molar-refractivity contribution is 6.31. The molecule has 0 bridgehead atoms. The van der Waals surface area contributed by atoms with Gasteiger partial charge in [-0.05, 0) is 66.1 Å². The molecule has 1 aliphatic carbocycles. The van der Waals surface area contributed by atoms with Crippen molar-refractivity contribution in [3.05, 3.63) is 74.4 Å². The summed E-state index contributed by atoms with van der Waals surface area (Å²) < 4.78 is 0. The number of non-ortho nitro benzene ring substituents is 1. The average molecular weight is 384 g/mol. The van der Waals surface area contributed by atoms with Crippen LogP contribution in [0.25, 0.3) is 0 Å². The van der Waals surface area contributed by atoms with E-state index in [1.54, 1.807) is 12.1 Å². The third-order valence-electron chi connectivity index (χ3n) is 5.47. The van der Waals surface area contributed by atoms with E-state index >= 15 is 0 Å². The van der Waals surface area contributed by atoms with Gasteiger partial charge in [-0.2, -0.15) is 0 Å². The van der Waals surface area contributed by atoms with Gasteiger partial charge >= 0.3 is 0 Å². The first kappa shape index (κ1) is 17.9. The highest BCUT2D eigenvalue weighted by Gasteiger charge is 2.33. The molecule has 140 valence electrons. The number of nitrogens with zero attached hydrogens (tertiary/aromatic N) is 1. The van der Waals surface area contributed by atoms with E-state index in [1.165, 1.54) is 11.3 Å². The van der Waals surface area contributed by atoms with E-state index in [0.29, 0.717) is 5.02 Å². The molecule has 1 heterocycles. The van der Waals surface area contributed by atoms with Gasteiger partial charge in [0.1, 0.15) is 0 Å². The van der Waals surface area contributed by atoms with Crippen molar-refractivity contribution in [3.8, 4) is 0 Å². The summed E-state index contributed by atoms with van der Waals surface area (Å²) in [5.74, 6) is 0. The standard InChI is InChI=1S/C21H22ClN3O2/c1-21(2)10-9-16-19(12-21)23-17-8-5-14(22)11-18(17)24-20(16)13-3-6-15(7-4-13)25(26)27/h3-8,11,20,23-24H,9-10,12H2,1-2H3/t20-/m1/s1. The minimum Gasteiger partial charge on any atom is -0.373 e. The molecule has 0 saturated carbocycles. The van der Waals surface area contributed by atoms with E-state index in [-0.39, 0.29) is 22.1 Å². The molecule has 0 saturated heterocycles. The smallest absolute Gasteiger partial charge is 0.269 e. The number of rotatable bonds is 2. The number of nitro groups is 1. The van der Waals surface area contributed by atoms with Crippen molar-refractivity contribution in [2.45, 2.75) is 39.2 Å². The second-order valence-corrected chi connectivity index (χ2v) is 8.52. The van der Waals surface area contributed by atoms with Crippen LogP contribution in [0.2, 0.25) is 5.02 Å². The van der Waals surface area contributed by atoms with Gasteiger partial charge in [0.2, 0.25) is 0 Å². The molecule has 0 fully saturated rings. The van der Waals surface area contributed by atoms with Crippen LogP contribution in [0.3, 0.4) is 0 Å². The molecule has 2 aromatic rings. The number of hydrogen-bond donors (Lipinski definition) is 2. The fourth-order valence-electron chi connectivity index (χ4n) is 3.97. The Morgan fingerprint density at radius 1 is 1.15 bits per heavy atom. The van der Waals surface area contributed by atoms with E-state index in [2.05, 4.69) is 24.5 Å². The molecule has 2 aliphatic rings. The normalized spacial score (nSPS) is 20.6. The Bertz CT molecular complexity index is 935. The third-order valence-corrected chi connectivity index (χ3v) is 5.70. The van der Waals surface area contributed by atoms with Crippen LogP contribution in [0.4, 0.5) is 17.1 Å². The molecular weight excluding hydrogens is 362 g/mol. The van der Waals surface area contributed by atoms with Gasteiger partial charge in [-0.25, -0.2) is 0 Å². The highest BCUT2D eigenvalue weighted by atomic mass is 35.5. The van der Waals surface area contributed by atoms with Crippen LogP contribution in [0.5, 0.6) is 0 Å². The molecule has 1 atom stereocenters. The van der Waals surface area contributed by atoms with Crippen LogP contribution in [0.1, 0.15) is 44.7 Å². The van der Waals surface area contributed by atoms with Crippen LogP contribution in [-0.4, -0.2) is 4.92 Å². The van der Waals surface area contributed by atoms with E-state index in [4.69, 9.17) is 11.6 Å². The lowest BCUT2D eigenvalue weighted by Crippen LogP contribution is -2.24. The van der Waals surface area contributed by atoms with Gasteiger partial charge in [-0.15, -0.1) is 0 Å².